The molecule has 0 unspecified atom stereocenters. The van der Waals surface area contributed by atoms with Gasteiger partial charge in [0.2, 0.25) is 0 Å². The number of rotatable bonds is 3. The van der Waals surface area contributed by atoms with Crippen LogP contribution in [0.1, 0.15) is 18.4 Å². The number of aliphatic hydroxyl groups is 1. The van der Waals surface area contributed by atoms with Gasteiger partial charge < -0.3 is 5.11 Å². The number of aliphatic hydroxyl groups excluding tert-OH is 1. The molecule has 0 spiro atoms. The van der Waals surface area contributed by atoms with Gasteiger partial charge in [0.25, 0.3) is 5.69 Å². The third kappa shape index (κ3) is 1.37. The van der Waals surface area contributed by atoms with Gasteiger partial charge in [-0.05, 0) is 18.4 Å². The Balaban J connectivity index is 2.36. The maximum absolute atomic E-state index is 10.5. The van der Waals surface area contributed by atoms with Crippen molar-refractivity contribution in [3.8, 4) is 0 Å². The average Bonchev–Trinajstić information content (AvgIpc) is 2.98. The molecule has 0 bridgehead atoms. The van der Waals surface area contributed by atoms with Gasteiger partial charge in [-0.1, -0.05) is 12.1 Å². The molecule has 2 rings (SSSR count). The Labute approximate surface area is 81.3 Å². The van der Waals surface area contributed by atoms with Crippen LogP contribution in [-0.4, -0.2) is 16.6 Å². The molecule has 0 atom stereocenters. The summed E-state index contributed by atoms with van der Waals surface area (Å²) in [5.41, 5.74) is 0.794. The first kappa shape index (κ1) is 9.15. The third-order valence-corrected chi connectivity index (χ3v) is 2.83. The second-order valence-corrected chi connectivity index (χ2v) is 3.75. The number of benzene rings is 1. The van der Waals surface area contributed by atoms with E-state index >= 15 is 0 Å². The Kier molecular flexibility index (Phi) is 2.00. The molecule has 1 aliphatic rings. The van der Waals surface area contributed by atoms with Crippen LogP contribution in [0.3, 0.4) is 0 Å². The smallest absolute Gasteiger partial charge is 0.269 e. The molecule has 1 saturated carbocycles. The molecule has 0 aliphatic heterocycles. The lowest BCUT2D eigenvalue weighted by atomic mass is 9.97. The van der Waals surface area contributed by atoms with Crippen molar-refractivity contribution in [1.29, 1.82) is 0 Å². The summed E-state index contributed by atoms with van der Waals surface area (Å²) in [5.74, 6) is 0. The molecule has 1 aromatic rings. The predicted octanol–water partition coefficient (Wildman–Crippen LogP) is 1.62. The zero-order valence-corrected chi connectivity index (χ0v) is 7.64. The van der Waals surface area contributed by atoms with E-state index in [0.29, 0.717) is 0 Å². The molecular formula is C10H11NO3. The first-order valence-corrected chi connectivity index (χ1v) is 4.54. The Morgan fingerprint density at radius 1 is 1.50 bits per heavy atom. The summed E-state index contributed by atoms with van der Waals surface area (Å²) in [6.07, 6.45) is 1.84. The first-order chi connectivity index (χ1) is 6.68. The minimum absolute atomic E-state index is 0.0775. The van der Waals surface area contributed by atoms with Crippen LogP contribution in [0.4, 0.5) is 5.69 Å². The number of hydrogen-bond acceptors (Lipinski definition) is 3. The number of non-ortho nitro benzene ring substituents is 1. The molecule has 0 heterocycles. The molecule has 0 radical (unpaired) electrons. The van der Waals surface area contributed by atoms with Crippen LogP contribution in [-0.2, 0) is 5.41 Å². The van der Waals surface area contributed by atoms with E-state index in [-0.39, 0.29) is 17.7 Å². The highest BCUT2D eigenvalue weighted by atomic mass is 16.6. The molecule has 1 aromatic carbocycles. The molecule has 1 aliphatic carbocycles. The zero-order chi connectivity index (χ0) is 10.2. The molecule has 0 amide bonds. The molecule has 1 fully saturated rings. The number of hydrogen-bond donors (Lipinski definition) is 1. The van der Waals surface area contributed by atoms with Gasteiger partial charge in [0.1, 0.15) is 0 Å². The maximum atomic E-state index is 10.5. The van der Waals surface area contributed by atoms with E-state index < -0.39 is 4.92 Å². The van der Waals surface area contributed by atoms with Crippen molar-refractivity contribution < 1.29 is 10.0 Å². The van der Waals surface area contributed by atoms with Gasteiger partial charge in [-0.3, -0.25) is 10.1 Å². The predicted molar refractivity (Wildman–Crippen MR) is 51.1 cm³/mol. The van der Waals surface area contributed by atoms with E-state index in [4.69, 9.17) is 5.11 Å². The molecule has 4 heteroatoms. The van der Waals surface area contributed by atoms with E-state index in [9.17, 15) is 10.1 Å². The van der Waals surface area contributed by atoms with Crippen LogP contribution in [0.5, 0.6) is 0 Å². The Morgan fingerprint density at radius 3 is 2.71 bits per heavy atom. The van der Waals surface area contributed by atoms with Gasteiger partial charge in [-0.15, -0.1) is 0 Å². The van der Waals surface area contributed by atoms with E-state index in [1.165, 1.54) is 6.07 Å². The highest BCUT2D eigenvalue weighted by Crippen LogP contribution is 2.48. The third-order valence-electron chi connectivity index (χ3n) is 2.83. The summed E-state index contributed by atoms with van der Waals surface area (Å²) in [6, 6.07) is 6.54. The van der Waals surface area contributed by atoms with Crippen molar-refractivity contribution in [3.05, 3.63) is 39.9 Å². The first-order valence-electron chi connectivity index (χ1n) is 4.54. The second-order valence-electron chi connectivity index (χ2n) is 3.75. The second kappa shape index (κ2) is 3.06. The monoisotopic (exact) mass is 193 g/mol. The van der Waals surface area contributed by atoms with Crippen LogP contribution >= 0.6 is 0 Å². The number of nitrogens with zero attached hydrogens (tertiary/aromatic N) is 1. The summed E-state index contributed by atoms with van der Waals surface area (Å²) in [7, 11) is 0. The normalized spacial score (nSPS) is 17.8. The molecule has 14 heavy (non-hydrogen) atoms. The van der Waals surface area contributed by atoms with Crippen LogP contribution in [0.25, 0.3) is 0 Å². The van der Waals surface area contributed by atoms with Gasteiger partial charge in [0.15, 0.2) is 0 Å². The van der Waals surface area contributed by atoms with E-state index in [1.807, 2.05) is 6.07 Å². The van der Waals surface area contributed by atoms with Crippen LogP contribution < -0.4 is 0 Å². The van der Waals surface area contributed by atoms with Gasteiger partial charge >= 0.3 is 0 Å². The minimum atomic E-state index is -0.406. The maximum Gasteiger partial charge on any atom is 0.269 e. The van der Waals surface area contributed by atoms with Crippen molar-refractivity contribution in [1.82, 2.24) is 0 Å². The zero-order valence-electron chi connectivity index (χ0n) is 7.64. The SMILES string of the molecule is O=[N+]([O-])c1cccc(C2(CO)CC2)c1. The fourth-order valence-electron chi connectivity index (χ4n) is 1.64. The fraction of sp³-hybridized carbons (Fsp3) is 0.400. The van der Waals surface area contributed by atoms with Gasteiger partial charge in [0.05, 0.1) is 11.5 Å². The van der Waals surface area contributed by atoms with Crippen molar-refractivity contribution in [2.45, 2.75) is 18.3 Å². The Morgan fingerprint density at radius 2 is 2.21 bits per heavy atom. The van der Waals surface area contributed by atoms with Crippen LogP contribution in [0.15, 0.2) is 24.3 Å². The van der Waals surface area contributed by atoms with Crippen molar-refractivity contribution in [2.24, 2.45) is 0 Å². The van der Waals surface area contributed by atoms with Gasteiger partial charge in [0, 0.05) is 17.5 Å². The topological polar surface area (TPSA) is 63.4 Å². The minimum Gasteiger partial charge on any atom is -0.395 e. The molecule has 4 nitrogen and oxygen atoms in total. The summed E-state index contributed by atoms with van der Waals surface area (Å²) < 4.78 is 0. The Bertz CT molecular complexity index is 371. The quantitative estimate of drug-likeness (QED) is 0.586. The molecule has 0 saturated heterocycles. The lowest BCUT2D eigenvalue weighted by Gasteiger charge is -2.10. The Hall–Kier alpha value is -1.42. The highest BCUT2D eigenvalue weighted by molar-refractivity contribution is 5.41. The molecule has 1 N–H and O–H groups in total. The lowest BCUT2D eigenvalue weighted by molar-refractivity contribution is -0.384. The van der Waals surface area contributed by atoms with Crippen LogP contribution in [0.2, 0.25) is 0 Å². The van der Waals surface area contributed by atoms with E-state index in [2.05, 4.69) is 0 Å². The van der Waals surface area contributed by atoms with Gasteiger partial charge in [-0.2, -0.15) is 0 Å². The molecule has 74 valence electrons. The van der Waals surface area contributed by atoms with Crippen molar-refractivity contribution in [3.63, 3.8) is 0 Å². The molecule has 0 aromatic heterocycles. The molecular weight excluding hydrogens is 182 g/mol. The highest BCUT2D eigenvalue weighted by Gasteiger charge is 2.44. The van der Waals surface area contributed by atoms with Crippen LogP contribution in [0, 0.1) is 10.1 Å². The number of nitro benzene ring substituents is 1. The standard InChI is InChI=1S/C10H11NO3/c12-7-10(4-5-10)8-2-1-3-9(6-8)11(13)14/h1-3,6,12H,4-5,7H2. The average molecular weight is 193 g/mol. The summed E-state index contributed by atoms with van der Waals surface area (Å²) in [4.78, 5) is 10.1. The largest absolute Gasteiger partial charge is 0.395 e. The van der Waals surface area contributed by atoms with Crippen molar-refractivity contribution in [2.75, 3.05) is 6.61 Å². The summed E-state index contributed by atoms with van der Waals surface area (Å²) >= 11 is 0. The fourth-order valence-corrected chi connectivity index (χ4v) is 1.64. The summed E-state index contributed by atoms with van der Waals surface area (Å²) in [6.45, 7) is 0.0775. The van der Waals surface area contributed by atoms with E-state index in [0.717, 1.165) is 18.4 Å². The van der Waals surface area contributed by atoms with Crippen molar-refractivity contribution >= 4 is 5.69 Å². The lowest BCUT2D eigenvalue weighted by Crippen LogP contribution is -2.11. The number of nitro groups is 1. The van der Waals surface area contributed by atoms with E-state index in [1.54, 1.807) is 12.1 Å². The van der Waals surface area contributed by atoms with Gasteiger partial charge in [-0.25, -0.2) is 0 Å². The summed E-state index contributed by atoms with van der Waals surface area (Å²) in [5, 5.41) is 19.7.